The van der Waals surface area contributed by atoms with E-state index >= 15 is 0 Å². The molecule has 0 aliphatic heterocycles. The van der Waals surface area contributed by atoms with E-state index in [1.165, 1.54) is 18.4 Å². The molecule has 1 aromatic carbocycles. The first-order chi connectivity index (χ1) is 11.1. The molecule has 1 aliphatic carbocycles. The van der Waals surface area contributed by atoms with Gasteiger partial charge in [-0.15, -0.1) is 0 Å². The van der Waals surface area contributed by atoms with Crippen molar-refractivity contribution < 1.29 is 9.53 Å². The Hall–Kier alpha value is -1.88. The van der Waals surface area contributed by atoms with Gasteiger partial charge in [-0.2, -0.15) is 0 Å². The highest BCUT2D eigenvalue weighted by Crippen LogP contribution is 2.33. The Kier molecular flexibility index (Phi) is 4.66. The summed E-state index contributed by atoms with van der Waals surface area (Å²) in [5, 5.41) is 3.64. The highest BCUT2D eigenvalue weighted by molar-refractivity contribution is 5.76. The third-order valence-electron chi connectivity index (χ3n) is 4.81. The van der Waals surface area contributed by atoms with Crippen molar-refractivity contribution in [3.63, 3.8) is 0 Å². The summed E-state index contributed by atoms with van der Waals surface area (Å²) in [4.78, 5) is 16.3. The van der Waals surface area contributed by atoms with Gasteiger partial charge in [-0.25, -0.2) is 4.98 Å². The number of hydrogen-bond donors (Lipinski definition) is 1. The molecule has 1 N–H and O–H groups in total. The van der Waals surface area contributed by atoms with Crippen molar-refractivity contribution in [3.05, 3.63) is 30.1 Å². The number of carbonyl (C=O) groups is 1. The molecule has 1 heterocycles. The monoisotopic (exact) mass is 315 g/mol. The zero-order valence-corrected chi connectivity index (χ0v) is 14.0. The molecule has 5 heteroatoms. The van der Waals surface area contributed by atoms with Crippen LogP contribution in [0.4, 0.5) is 0 Å². The molecule has 2 aromatic rings. The van der Waals surface area contributed by atoms with E-state index in [1.54, 1.807) is 0 Å². The van der Waals surface area contributed by atoms with Gasteiger partial charge >= 0.3 is 5.97 Å². The van der Waals surface area contributed by atoms with Crippen LogP contribution in [-0.4, -0.2) is 27.7 Å². The van der Waals surface area contributed by atoms with Gasteiger partial charge < -0.3 is 14.6 Å². The number of benzene rings is 1. The molecule has 0 unspecified atom stereocenters. The van der Waals surface area contributed by atoms with Crippen LogP contribution in [0.1, 0.15) is 44.6 Å². The van der Waals surface area contributed by atoms with E-state index in [9.17, 15) is 4.79 Å². The largest absolute Gasteiger partial charge is 0.466 e. The lowest BCUT2D eigenvalue weighted by Crippen LogP contribution is -2.44. The molecule has 1 saturated carbocycles. The number of imidazole rings is 1. The second-order valence-electron chi connectivity index (χ2n) is 6.50. The maximum Gasteiger partial charge on any atom is 0.307 e. The van der Waals surface area contributed by atoms with Crippen LogP contribution in [0.3, 0.4) is 0 Å². The molecule has 23 heavy (non-hydrogen) atoms. The third kappa shape index (κ3) is 3.55. The van der Waals surface area contributed by atoms with Crippen molar-refractivity contribution in [3.8, 4) is 0 Å². The predicted molar refractivity (Wildman–Crippen MR) is 90.0 cm³/mol. The summed E-state index contributed by atoms with van der Waals surface area (Å²) in [5.41, 5.74) is 3.24. The molecule has 3 rings (SSSR count). The number of ether oxygens (including phenoxy) is 1. The minimum atomic E-state index is -0.106. The molecule has 0 bridgehead atoms. The molecule has 124 valence electrons. The first-order valence-corrected chi connectivity index (χ1v) is 8.42. The lowest BCUT2D eigenvalue weighted by molar-refractivity contribution is -0.144. The zero-order chi connectivity index (χ0) is 16.3. The zero-order valence-electron chi connectivity index (χ0n) is 14.0. The van der Waals surface area contributed by atoms with E-state index in [2.05, 4.69) is 28.5 Å². The summed E-state index contributed by atoms with van der Waals surface area (Å²) in [6.45, 7) is 3.06. The van der Waals surface area contributed by atoms with Crippen LogP contribution in [0.2, 0.25) is 0 Å². The fraction of sp³-hybridized carbons (Fsp3) is 0.556. The lowest BCUT2D eigenvalue weighted by atomic mass is 9.93. The number of hydrogen-bond acceptors (Lipinski definition) is 4. The van der Waals surface area contributed by atoms with E-state index in [1.807, 2.05) is 24.9 Å². The number of nitrogens with zero attached hydrogens (tertiary/aromatic N) is 2. The van der Waals surface area contributed by atoms with Gasteiger partial charge in [0.2, 0.25) is 0 Å². The number of esters is 1. The fourth-order valence-electron chi connectivity index (χ4n) is 3.54. The summed E-state index contributed by atoms with van der Waals surface area (Å²) in [5.74, 6) is -0.0953. The van der Waals surface area contributed by atoms with Crippen molar-refractivity contribution in [1.82, 2.24) is 14.9 Å². The average Bonchev–Trinajstić information content (AvgIpc) is 3.13. The van der Waals surface area contributed by atoms with Gasteiger partial charge in [0, 0.05) is 19.1 Å². The Bertz CT molecular complexity index is 687. The van der Waals surface area contributed by atoms with Crippen LogP contribution in [0.25, 0.3) is 11.0 Å². The second kappa shape index (κ2) is 6.71. The lowest BCUT2D eigenvalue weighted by Gasteiger charge is -2.29. The normalized spacial score (nSPS) is 16.8. The topological polar surface area (TPSA) is 56.1 Å². The molecular formula is C18H25N3O2. The fourth-order valence-corrected chi connectivity index (χ4v) is 3.54. The van der Waals surface area contributed by atoms with Crippen molar-refractivity contribution in [2.75, 3.05) is 6.61 Å². The average molecular weight is 315 g/mol. The van der Waals surface area contributed by atoms with Gasteiger partial charge in [-0.3, -0.25) is 4.79 Å². The Labute approximate surface area is 137 Å². The summed E-state index contributed by atoms with van der Waals surface area (Å²) < 4.78 is 7.17. The SMILES string of the molecule is CCOC(=O)CC1(NCc2ccc3c(c2)ncn3C)CCCC1. The number of aryl methyl sites for hydroxylation is 1. The molecule has 5 nitrogen and oxygen atoms in total. The van der Waals surface area contributed by atoms with E-state index < -0.39 is 0 Å². The van der Waals surface area contributed by atoms with E-state index in [0.717, 1.165) is 30.4 Å². The maximum absolute atomic E-state index is 11.9. The van der Waals surface area contributed by atoms with Crippen molar-refractivity contribution >= 4 is 17.0 Å². The van der Waals surface area contributed by atoms with Gasteiger partial charge in [0.1, 0.15) is 0 Å². The van der Waals surface area contributed by atoms with Gasteiger partial charge in [0.15, 0.2) is 0 Å². The van der Waals surface area contributed by atoms with E-state index in [-0.39, 0.29) is 11.5 Å². The highest BCUT2D eigenvalue weighted by atomic mass is 16.5. The van der Waals surface area contributed by atoms with Crippen LogP contribution in [0.5, 0.6) is 0 Å². The third-order valence-corrected chi connectivity index (χ3v) is 4.81. The van der Waals surface area contributed by atoms with Crippen LogP contribution in [0, 0.1) is 0 Å². The van der Waals surface area contributed by atoms with Gasteiger partial charge in [0.25, 0.3) is 0 Å². The molecule has 0 saturated heterocycles. The highest BCUT2D eigenvalue weighted by Gasteiger charge is 2.35. The number of aromatic nitrogens is 2. The first kappa shape index (κ1) is 16.0. The molecule has 0 radical (unpaired) electrons. The number of fused-ring (bicyclic) bond motifs is 1. The summed E-state index contributed by atoms with van der Waals surface area (Å²) in [6, 6.07) is 6.35. The van der Waals surface area contributed by atoms with E-state index in [0.29, 0.717) is 13.0 Å². The molecule has 1 aliphatic rings. The molecule has 0 atom stereocenters. The minimum Gasteiger partial charge on any atom is -0.466 e. The molecule has 1 fully saturated rings. The Morgan fingerprint density at radius 3 is 2.91 bits per heavy atom. The molecular weight excluding hydrogens is 290 g/mol. The molecule has 1 aromatic heterocycles. The summed E-state index contributed by atoms with van der Waals surface area (Å²) >= 11 is 0. The first-order valence-electron chi connectivity index (χ1n) is 8.42. The summed E-state index contributed by atoms with van der Waals surface area (Å²) in [7, 11) is 2.00. The van der Waals surface area contributed by atoms with Crippen molar-refractivity contribution in [2.24, 2.45) is 7.05 Å². The standard InChI is InChI=1S/C18H25N3O2/c1-3-23-17(22)11-18(8-4-5-9-18)20-12-14-6-7-16-15(10-14)19-13-21(16)2/h6-7,10,13,20H,3-5,8-9,11-12H2,1-2H3. The van der Waals surface area contributed by atoms with Crippen LogP contribution in [0.15, 0.2) is 24.5 Å². The van der Waals surface area contributed by atoms with Crippen LogP contribution >= 0.6 is 0 Å². The quantitative estimate of drug-likeness (QED) is 0.833. The van der Waals surface area contributed by atoms with Crippen molar-refractivity contribution in [2.45, 2.75) is 51.1 Å². The minimum absolute atomic E-state index is 0.0953. The number of nitrogens with one attached hydrogen (secondary N) is 1. The van der Waals surface area contributed by atoms with Crippen LogP contribution in [-0.2, 0) is 23.1 Å². The van der Waals surface area contributed by atoms with E-state index in [4.69, 9.17) is 4.74 Å². The van der Waals surface area contributed by atoms with Gasteiger partial charge in [-0.05, 0) is 37.5 Å². The number of carbonyl (C=O) groups excluding carboxylic acids is 1. The maximum atomic E-state index is 11.9. The van der Waals surface area contributed by atoms with Crippen LogP contribution < -0.4 is 5.32 Å². The Balaban J connectivity index is 1.69. The molecule has 0 amide bonds. The van der Waals surface area contributed by atoms with Crippen molar-refractivity contribution in [1.29, 1.82) is 0 Å². The number of rotatable bonds is 6. The molecule has 0 spiro atoms. The van der Waals surface area contributed by atoms with Gasteiger partial charge in [-0.1, -0.05) is 18.9 Å². The Morgan fingerprint density at radius 2 is 2.17 bits per heavy atom. The van der Waals surface area contributed by atoms with Gasteiger partial charge in [0.05, 0.1) is 30.4 Å². The Morgan fingerprint density at radius 1 is 1.39 bits per heavy atom. The predicted octanol–water partition coefficient (Wildman–Crippen LogP) is 2.93. The summed E-state index contributed by atoms with van der Waals surface area (Å²) in [6.07, 6.45) is 6.72. The smallest absolute Gasteiger partial charge is 0.307 e. The second-order valence-corrected chi connectivity index (χ2v) is 6.50.